The van der Waals surface area contributed by atoms with Crippen LogP contribution in [0, 0.1) is 0 Å². The molecule has 1 heterocycles. The third-order valence-corrected chi connectivity index (χ3v) is 2.70. The van der Waals surface area contributed by atoms with Crippen LogP contribution in [-0.2, 0) is 6.54 Å². The van der Waals surface area contributed by atoms with E-state index in [1.807, 2.05) is 10.9 Å². The van der Waals surface area contributed by atoms with E-state index in [1.54, 1.807) is 6.20 Å². The van der Waals surface area contributed by atoms with Crippen molar-refractivity contribution in [2.45, 2.75) is 52.1 Å². The lowest BCUT2D eigenvalue weighted by atomic mass is 10.1. The third-order valence-electron chi connectivity index (χ3n) is 2.70. The normalized spacial score (nSPS) is 11.1. The fraction of sp³-hybridized carbons (Fsp3) is 0.818. The Balaban J connectivity index is 1.97. The Kier molecular flexibility index (Phi) is 6.00. The van der Waals surface area contributed by atoms with Crippen molar-refractivity contribution in [1.29, 1.82) is 0 Å². The lowest BCUT2D eigenvalue weighted by molar-refractivity contribution is 0.458. The summed E-state index contributed by atoms with van der Waals surface area (Å²) in [5.74, 6) is 0. The number of nitrogens with zero attached hydrogens (tertiary/aromatic N) is 3. The lowest BCUT2D eigenvalue weighted by Crippen LogP contribution is -2.28. The topological polar surface area (TPSA) is 42.7 Å². The molecular formula is C11H22N4. The predicted molar refractivity (Wildman–Crippen MR) is 61.6 cm³/mol. The third kappa shape index (κ3) is 4.93. The summed E-state index contributed by atoms with van der Waals surface area (Å²) in [7, 11) is 0. The molecule has 0 aromatic carbocycles. The van der Waals surface area contributed by atoms with E-state index in [0.717, 1.165) is 19.5 Å². The smallest absolute Gasteiger partial charge is 0.0692 e. The fourth-order valence-electron chi connectivity index (χ4n) is 1.63. The Hall–Kier alpha value is -0.900. The van der Waals surface area contributed by atoms with Gasteiger partial charge in [-0.25, -0.2) is 0 Å². The number of aryl methyl sites for hydroxylation is 1. The molecule has 0 spiro atoms. The van der Waals surface area contributed by atoms with Gasteiger partial charge in [-0.2, -0.15) is 0 Å². The predicted octanol–water partition coefficient (Wildman–Crippen LogP) is 1.84. The van der Waals surface area contributed by atoms with E-state index >= 15 is 0 Å². The molecule has 0 aliphatic rings. The molecule has 0 fully saturated rings. The zero-order valence-electron chi connectivity index (χ0n) is 9.82. The molecule has 1 aromatic rings. The molecule has 0 saturated heterocycles. The van der Waals surface area contributed by atoms with Gasteiger partial charge in [0.1, 0.15) is 0 Å². The second kappa shape index (κ2) is 7.40. The van der Waals surface area contributed by atoms with Crippen LogP contribution in [0.5, 0.6) is 0 Å². The highest BCUT2D eigenvalue weighted by Gasteiger charge is 2.00. The number of rotatable bonds is 8. The van der Waals surface area contributed by atoms with Gasteiger partial charge in [0.25, 0.3) is 0 Å². The molecule has 86 valence electrons. The summed E-state index contributed by atoms with van der Waals surface area (Å²) < 4.78 is 1.89. The average Bonchev–Trinajstić information content (AvgIpc) is 2.76. The Morgan fingerprint density at radius 2 is 2.07 bits per heavy atom. The van der Waals surface area contributed by atoms with Gasteiger partial charge in [-0.15, -0.1) is 5.10 Å². The van der Waals surface area contributed by atoms with E-state index < -0.39 is 0 Å². The van der Waals surface area contributed by atoms with Crippen LogP contribution >= 0.6 is 0 Å². The molecule has 1 N–H and O–H groups in total. The second-order valence-corrected chi connectivity index (χ2v) is 3.84. The maximum absolute atomic E-state index is 3.93. The van der Waals surface area contributed by atoms with Crippen LogP contribution in [0.1, 0.15) is 39.5 Å². The van der Waals surface area contributed by atoms with Gasteiger partial charge in [0, 0.05) is 18.8 Å². The fourth-order valence-corrected chi connectivity index (χ4v) is 1.63. The van der Waals surface area contributed by atoms with Gasteiger partial charge >= 0.3 is 0 Å². The van der Waals surface area contributed by atoms with Gasteiger partial charge in [-0.3, -0.25) is 4.68 Å². The summed E-state index contributed by atoms with van der Waals surface area (Å²) in [5, 5.41) is 11.3. The van der Waals surface area contributed by atoms with Gasteiger partial charge < -0.3 is 5.32 Å². The van der Waals surface area contributed by atoms with E-state index in [4.69, 9.17) is 0 Å². The number of hydrogen-bond acceptors (Lipinski definition) is 3. The van der Waals surface area contributed by atoms with Crippen molar-refractivity contribution in [2.75, 3.05) is 6.54 Å². The van der Waals surface area contributed by atoms with Crippen LogP contribution in [0.15, 0.2) is 12.4 Å². The van der Waals surface area contributed by atoms with Crippen LogP contribution in [0.3, 0.4) is 0 Å². The van der Waals surface area contributed by atoms with Crippen LogP contribution in [0.25, 0.3) is 0 Å². The van der Waals surface area contributed by atoms with Crippen molar-refractivity contribution in [3.63, 3.8) is 0 Å². The van der Waals surface area contributed by atoms with Crippen molar-refractivity contribution >= 4 is 0 Å². The van der Waals surface area contributed by atoms with E-state index in [9.17, 15) is 0 Å². The molecule has 0 bridgehead atoms. The van der Waals surface area contributed by atoms with E-state index in [-0.39, 0.29) is 0 Å². The molecule has 1 aromatic heterocycles. The van der Waals surface area contributed by atoms with Crippen molar-refractivity contribution in [3.05, 3.63) is 12.4 Å². The van der Waals surface area contributed by atoms with E-state index in [1.165, 1.54) is 19.3 Å². The first-order chi connectivity index (χ1) is 7.36. The minimum Gasteiger partial charge on any atom is -0.314 e. The van der Waals surface area contributed by atoms with Crippen molar-refractivity contribution in [1.82, 2.24) is 20.3 Å². The Bertz CT molecular complexity index is 229. The van der Waals surface area contributed by atoms with Gasteiger partial charge in [0.2, 0.25) is 0 Å². The molecule has 4 nitrogen and oxygen atoms in total. The highest BCUT2D eigenvalue weighted by molar-refractivity contribution is 4.65. The molecule has 1 rings (SSSR count). The first-order valence-electron chi connectivity index (χ1n) is 5.94. The second-order valence-electron chi connectivity index (χ2n) is 3.84. The summed E-state index contributed by atoms with van der Waals surface area (Å²) >= 11 is 0. The summed E-state index contributed by atoms with van der Waals surface area (Å²) in [5.41, 5.74) is 0. The van der Waals surface area contributed by atoms with Crippen LogP contribution in [0.4, 0.5) is 0 Å². The Morgan fingerprint density at radius 1 is 1.27 bits per heavy atom. The molecule has 0 radical (unpaired) electrons. The Labute approximate surface area is 92.1 Å². The zero-order valence-corrected chi connectivity index (χ0v) is 9.82. The maximum Gasteiger partial charge on any atom is 0.0692 e. The standard InChI is InChI=1S/C11H22N4/c1-3-11(4-2)12-7-5-6-9-15-10-8-13-14-15/h8,10-12H,3-7,9H2,1-2H3. The minimum absolute atomic E-state index is 0.691. The number of nitrogens with one attached hydrogen (secondary N) is 1. The Morgan fingerprint density at radius 3 is 2.67 bits per heavy atom. The summed E-state index contributed by atoms with van der Waals surface area (Å²) in [6.45, 7) is 6.55. The van der Waals surface area contributed by atoms with Gasteiger partial charge in [-0.1, -0.05) is 19.1 Å². The van der Waals surface area contributed by atoms with Gasteiger partial charge in [-0.05, 0) is 32.2 Å². The van der Waals surface area contributed by atoms with Gasteiger partial charge in [0.15, 0.2) is 0 Å². The molecular weight excluding hydrogens is 188 g/mol. The van der Waals surface area contributed by atoms with Gasteiger partial charge in [0.05, 0.1) is 6.20 Å². The van der Waals surface area contributed by atoms with Crippen LogP contribution < -0.4 is 5.32 Å². The first kappa shape index (κ1) is 12.2. The van der Waals surface area contributed by atoms with Crippen LogP contribution in [-0.4, -0.2) is 27.6 Å². The molecule has 4 heteroatoms. The average molecular weight is 210 g/mol. The highest BCUT2D eigenvalue weighted by atomic mass is 15.4. The largest absolute Gasteiger partial charge is 0.314 e. The first-order valence-corrected chi connectivity index (χ1v) is 5.94. The zero-order chi connectivity index (χ0) is 10.9. The molecule has 0 saturated carbocycles. The summed E-state index contributed by atoms with van der Waals surface area (Å²) in [4.78, 5) is 0. The molecule has 0 aliphatic heterocycles. The number of aromatic nitrogens is 3. The lowest BCUT2D eigenvalue weighted by Gasteiger charge is -2.14. The quantitative estimate of drug-likeness (QED) is 0.666. The molecule has 0 unspecified atom stereocenters. The van der Waals surface area contributed by atoms with Crippen molar-refractivity contribution in [2.24, 2.45) is 0 Å². The van der Waals surface area contributed by atoms with Crippen molar-refractivity contribution in [3.8, 4) is 0 Å². The number of unbranched alkanes of at least 4 members (excludes halogenated alkanes) is 1. The molecule has 15 heavy (non-hydrogen) atoms. The summed E-state index contributed by atoms with van der Waals surface area (Å²) in [6, 6.07) is 0.691. The van der Waals surface area contributed by atoms with E-state index in [0.29, 0.717) is 6.04 Å². The minimum atomic E-state index is 0.691. The number of hydrogen-bond donors (Lipinski definition) is 1. The molecule has 0 amide bonds. The molecule has 0 aliphatic carbocycles. The SMILES string of the molecule is CCC(CC)NCCCCn1ccnn1. The van der Waals surface area contributed by atoms with E-state index in [2.05, 4.69) is 29.5 Å². The molecule has 0 atom stereocenters. The van der Waals surface area contributed by atoms with Crippen LogP contribution in [0.2, 0.25) is 0 Å². The monoisotopic (exact) mass is 210 g/mol. The maximum atomic E-state index is 3.93. The summed E-state index contributed by atoms with van der Waals surface area (Å²) in [6.07, 6.45) is 8.45. The highest BCUT2D eigenvalue weighted by Crippen LogP contribution is 1.97. The van der Waals surface area contributed by atoms with Crippen molar-refractivity contribution < 1.29 is 0 Å².